The van der Waals surface area contributed by atoms with Crippen LogP contribution in [0.1, 0.15) is 22.0 Å². The average molecular weight is 353 g/mol. The fraction of sp³-hybridized carbons (Fsp3) is 0.300. The molecule has 6 nitrogen and oxygen atoms in total. The number of hydrogen-bond donors (Lipinski definition) is 1. The number of hydrogen-bond acceptors (Lipinski definition) is 5. The third-order valence-corrected chi connectivity index (χ3v) is 4.74. The van der Waals surface area contributed by atoms with E-state index in [0.29, 0.717) is 5.56 Å². The van der Waals surface area contributed by atoms with Crippen LogP contribution in [0.15, 0.2) is 54.6 Å². The van der Waals surface area contributed by atoms with Crippen molar-refractivity contribution >= 4 is 17.6 Å². The lowest BCUT2D eigenvalue weighted by Gasteiger charge is -2.39. The first-order valence-corrected chi connectivity index (χ1v) is 8.62. The van der Waals surface area contributed by atoms with Crippen molar-refractivity contribution in [1.29, 1.82) is 0 Å². The number of amides is 1. The minimum atomic E-state index is -0.426. The smallest absolute Gasteiger partial charge is 0.327 e. The van der Waals surface area contributed by atoms with Crippen LogP contribution in [-0.4, -0.2) is 50.1 Å². The van der Waals surface area contributed by atoms with Crippen LogP contribution in [0.2, 0.25) is 0 Å². The number of carbonyl (C=O) groups excluding carboxylic acids is 2. The third kappa shape index (κ3) is 3.86. The van der Waals surface area contributed by atoms with Crippen LogP contribution < -0.4 is 10.6 Å². The molecule has 2 aromatic rings. The Kier molecular flexibility index (Phi) is 5.53. The van der Waals surface area contributed by atoms with Crippen molar-refractivity contribution in [2.75, 3.05) is 38.2 Å². The second kappa shape index (κ2) is 8.01. The molecule has 3 rings (SSSR count). The molecule has 2 aromatic carbocycles. The van der Waals surface area contributed by atoms with Crippen LogP contribution in [0, 0.1) is 0 Å². The zero-order chi connectivity index (χ0) is 18.5. The predicted molar refractivity (Wildman–Crippen MR) is 99.9 cm³/mol. The summed E-state index contributed by atoms with van der Waals surface area (Å²) < 4.78 is 5.03. The molecular weight excluding hydrogens is 330 g/mol. The van der Waals surface area contributed by atoms with E-state index < -0.39 is 5.91 Å². The van der Waals surface area contributed by atoms with Gasteiger partial charge in [-0.15, -0.1) is 0 Å². The van der Waals surface area contributed by atoms with Crippen LogP contribution in [-0.2, 0) is 9.53 Å². The van der Waals surface area contributed by atoms with Crippen LogP contribution in [0.3, 0.4) is 0 Å². The zero-order valence-corrected chi connectivity index (χ0v) is 14.8. The van der Waals surface area contributed by atoms with Gasteiger partial charge in [-0.3, -0.25) is 9.69 Å². The van der Waals surface area contributed by atoms with Gasteiger partial charge in [0.1, 0.15) is 6.04 Å². The lowest BCUT2D eigenvalue weighted by Crippen LogP contribution is -2.49. The Morgan fingerprint density at radius 2 is 1.58 bits per heavy atom. The summed E-state index contributed by atoms with van der Waals surface area (Å²) in [5.41, 5.74) is 7.78. The molecule has 0 aliphatic carbocycles. The van der Waals surface area contributed by atoms with Crippen molar-refractivity contribution in [1.82, 2.24) is 4.90 Å². The van der Waals surface area contributed by atoms with E-state index in [4.69, 9.17) is 10.5 Å². The Balaban J connectivity index is 1.69. The van der Waals surface area contributed by atoms with Gasteiger partial charge in [0.05, 0.1) is 7.11 Å². The van der Waals surface area contributed by atoms with Gasteiger partial charge < -0.3 is 15.4 Å². The van der Waals surface area contributed by atoms with E-state index in [1.807, 2.05) is 42.5 Å². The highest BCUT2D eigenvalue weighted by Gasteiger charge is 2.31. The molecule has 1 aliphatic heterocycles. The standard InChI is InChI=1S/C20H23N3O3/c1-26-20(25)18(15-5-3-2-4-6-15)23-13-11-22(12-14-23)17-9-7-16(8-10-17)19(21)24/h2-10,18H,11-14H2,1H3,(H2,21,24). The number of benzene rings is 2. The van der Waals surface area contributed by atoms with E-state index in [-0.39, 0.29) is 12.0 Å². The highest BCUT2D eigenvalue weighted by atomic mass is 16.5. The molecule has 2 N–H and O–H groups in total. The number of piperazine rings is 1. The molecule has 1 heterocycles. The van der Waals surface area contributed by atoms with Crippen molar-refractivity contribution in [3.8, 4) is 0 Å². The largest absolute Gasteiger partial charge is 0.468 e. The number of anilines is 1. The summed E-state index contributed by atoms with van der Waals surface area (Å²) in [5.74, 6) is -0.666. The van der Waals surface area contributed by atoms with Crippen molar-refractivity contribution < 1.29 is 14.3 Å². The SMILES string of the molecule is COC(=O)C(c1ccccc1)N1CCN(c2ccc(C(N)=O)cc2)CC1. The first kappa shape index (κ1) is 17.9. The Bertz CT molecular complexity index is 754. The van der Waals surface area contributed by atoms with E-state index in [0.717, 1.165) is 37.4 Å². The molecule has 0 radical (unpaired) electrons. The quantitative estimate of drug-likeness (QED) is 0.830. The molecule has 1 aliphatic rings. The second-order valence-corrected chi connectivity index (χ2v) is 6.27. The van der Waals surface area contributed by atoms with Gasteiger partial charge >= 0.3 is 5.97 Å². The van der Waals surface area contributed by atoms with Gasteiger partial charge in [-0.1, -0.05) is 30.3 Å². The molecule has 26 heavy (non-hydrogen) atoms. The van der Waals surface area contributed by atoms with E-state index in [9.17, 15) is 9.59 Å². The highest BCUT2D eigenvalue weighted by molar-refractivity contribution is 5.93. The molecule has 0 aromatic heterocycles. The second-order valence-electron chi connectivity index (χ2n) is 6.27. The summed E-state index contributed by atoms with van der Waals surface area (Å²) in [7, 11) is 1.43. The van der Waals surface area contributed by atoms with Gasteiger partial charge in [0, 0.05) is 37.4 Å². The minimum absolute atomic E-state index is 0.240. The van der Waals surface area contributed by atoms with E-state index in [1.165, 1.54) is 7.11 Å². The number of rotatable bonds is 5. The maximum absolute atomic E-state index is 12.3. The lowest BCUT2D eigenvalue weighted by atomic mass is 10.0. The van der Waals surface area contributed by atoms with Crippen LogP contribution in [0.4, 0.5) is 5.69 Å². The average Bonchev–Trinajstić information content (AvgIpc) is 2.69. The molecule has 0 saturated carbocycles. The van der Waals surface area contributed by atoms with Gasteiger partial charge in [0.25, 0.3) is 0 Å². The fourth-order valence-electron chi connectivity index (χ4n) is 3.32. The van der Waals surface area contributed by atoms with E-state index >= 15 is 0 Å². The summed E-state index contributed by atoms with van der Waals surface area (Å²) in [4.78, 5) is 27.9. The Morgan fingerprint density at radius 3 is 2.12 bits per heavy atom. The summed E-state index contributed by atoms with van der Waals surface area (Å²) >= 11 is 0. The van der Waals surface area contributed by atoms with Gasteiger partial charge in [-0.25, -0.2) is 4.79 Å². The molecule has 0 bridgehead atoms. The first-order valence-electron chi connectivity index (χ1n) is 8.62. The van der Waals surface area contributed by atoms with E-state index in [1.54, 1.807) is 12.1 Å². The summed E-state index contributed by atoms with van der Waals surface area (Å²) in [5, 5.41) is 0. The molecule has 0 spiro atoms. The van der Waals surface area contributed by atoms with Gasteiger partial charge in [-0.05, 0) is 29.8 Å². The fourth-order valence-corrected chi connectivity index (χ4v) is 3.32. The Labute approximate surface area is 153 Å². The number of methoxy groups -OCH3 is 1. The molecular formula is C20H23N3O3. The predicted octanol–water partition coefficient (Wildman–Crippen LogP) is 1.82. The topological polar surface area (TPSA) is 75.9 Å². The van der Waals surface area contributed by atoms with Gasteiger partial charge in [0.2, 0.25) is 5.91 Å². The monoisotopic (exact) mass is 353 g/mol. The van der Waals surface area contributed by atoms with Crippen molar-refractivity contribution in [2.24, 2.45) is 5.73 Å². The number of carbonyl (C=O) groups is 2. The molecule has 1 amide bonds. The van der Waals surface area contributed by atoms with E-state index in [2.05, 4.69) is 9.80 Å². The molecule has 1 atom stereocenters. The van der Waals surface area contributed by atoms with Crippen LogP contribution in [0.25, 0.3) is 0 Å². The first-order chi connectivity index (χ1) is 12.6. The number of nitrogens with zero attached hydrogens (tertiary/aromatic N) is 2. The highest BCUT2D eigenvalue weighted by Crippen LogP contribution is 2.25. The zero-order valence-electron chi connectivity index (χ0n) is 14.8. The molecule has 1 fully saturated rings. The Morgan fingerprint density at radius 1 is 0.962 bits per heavy atom. The van der Waals surface area contributed by atoms with Crippen molar-refractivity contribution in [3.05, 3.63) is 65.7 Å². The molecule has 136 valence electrons. The van der Waals surface area contributed by atoms with Crippen molar-refractivity contribution in [2.45, 2.75) is 6.04 Å². The van der Waals surface area contributed by atoms with Crippen molar-refractivity contribution in [3.63, 3.8) is 0 Å². The molecule has 1 saturated heterocycles. The number of primary amides is 1. The molecule has 1 unspecified atom stereocenters. The van der Waals surface area contributed by atoms with Crippen LogP contribution >= 0.6 is 0 Å². The lowest BCUT2D eigenvalue weighted by molar-refractivity contribution is -0.147. The normalized spacial score (nSPS) is 16.1. The summed E-state index contributed by atoms with van der Waals surface area (Å²) in [6.07, 6.45) is 0. The maximum atomic E-state index is 12.3. The number of nitrogens with two attached hydrogens (primary N) is 1. The summed E-state index contributed by atoms with van der Waals surface area (Å²) in [6.45, 7) is 3.06. The molecule has 6 heteroatoms. The maximum Gasteiger partial charge on any atom is 0.327 e. The summed E-state index contributed by atoms with van der Waals surface area (Å²) in [6, 6.07) is 16.6. The third-order valence-electron chi connectivity index (χ3n) is 4.74. The Hall–Kier alpha value is -2.86. The minimum Gasteiger partial charge on any atom is -0.468 e. The van der Waals surface area contributed by atoms with Gasteiger partial charge in [0.15, 0.2) is 0 Å². The van der Waals surface area contributed by atoms with Gasteiger partial charge in [-0.2, -0.15) is 0 Å². The van der Waals surface area contributed by atoms with Crippen LogP contribution in [0.5, 0.6) is 0 Å². The number of ether oxygens (including phenoxy) is 1. The number of esters is 1.